The number of aryl methyl sites for hydroxylation is 1. The van der Waals surface area contributed by atoms with Crippen molar-refractivity contribution in [3.05, 3.63) is 82.1 Å². The van der Waals surface area contributed by atoms with Crippen LogP contribution in [0.5, 0.6) is 0 Å². The van der Waals surface area contributed by atoms with Crippen LogP contribution >= 0.6 is 11.6 Å². The molecule has 1 amide bonds. The highest BCUT2D eigenvalue weighted by Crippen LogP contribution is 2.17. The number of halogens is 3. The van der Waals surface area contributed by atoms with E-state index in [1.807, 2.05) is 18.2 Å². The number of nitrogens with one attached hydrogen (secondary N) is 2. The molecule has 3 aromatic rings. The zero-order valence-corrected chi connectivity index (χ0v) is 15.0. The van der Waals surface area contributed by atoms with Crippen LogP contribution < -0.4 is 10.6 Å². The lowest BCUT2D eigenvalue weighted by atomic mass is 10.2. The highest BCUT2D eigenvalue weighted by Gasteiger charge is 2.12. The van der Waals surface area contributed by atoms with E-state index in [1.54, 1.807) is 13.0 Å². The Bertz CT molecular complexity index is 997. The number of rotatable bonds is 5. The highest BCUT2D eigenvalue weighted by atomic mass is 35.5. The first-order chi connectivity index (χ1) is 12.9. The Labute approximate surface area is 159 Å². The molecule has 0 spiro atoms. The Morgan fingerprint density at radius 3 is 2.59 bits per heavy atom. The fourth-order valence-corrected chi connectivity index (χ4v) is 2.55. The summed E-state index contributed by atoms with van der Waals surface area (Å²) in [6.07, 6.45) is 0. The monoisotopic (exact) mass is 388 g/mol. The predicted octanol–water partition coefficient (Wildman–Crippen LogP) is 4.58. The third kappa shape index (κ3) is 4.77. The lowest BCUT2D eigenvalue weighted by Crippen LogP contribution is -2.16. The Hall–Kier alpha value is -3.06. The van der Waals surface area contributed by atoms with Crippen LogP contribution in [0, 0.1) is 18.6 Å². The summed E-state index contributed by atoms with van der Waals surface area (Å²) >= 11 is 6.12. The third-order valence-corrected chi connectivity index (χ3v) is 4.03. The Balaban J connectivity index is 1.75. The fraction of sp³-hybridized carbons (Fsp3) is 0.105. The number of anilines is 2. The molecule has 0 atom stereocenters. The number of nitrogens with zero attached hydrogens (tertiary/aromatic N) is 2. The molecule has 0 aliphatic rings. The SMILES string of the molecule is Cc1cc(C(=O)Nc2ccc(F)c(F)c2)nc(NCc2ccccc2Cl)n1. The molecule has 0 saturated heterocycles. The minimum absolute atomic E-state index is 0.0916. The molecule has 2 N–H and O–H groups in total. The second kappa shape index (κ2) is 8.09. The number of aromatic nitrogens is 2. The first-order valence-electron chi connectivity index (χ1n) is 8.02. The second-order valence-corrected chi connectivity index (χ2v) is 6.15. The van der Waals surface area contributed by atoms with Gasteiger partial charge in [-0.25, -0.2) is 18.7 Å². The molecule has 0 aliphatic carbocycles. The van der Waals surface area contributed by atoms with E-state index in [-0.39, 0.29) is 17.3 Å². The van der Waals surface area contributed by atoms with Gasteiger partial charge in [0.15, 0.2) is 11.6 Å². The molecule has 8 heteroatoms. The van der Waals surface area contributed by atoms with E-state index in [0.717, 1.165) is 17.7 Å². The number of hydrogen-bond acceptors (Lipinski definition) is 4. The van der Waals surface area contributed by atoms with Gasteiger partial charge in [-0.05, 0) is 36.8 Å². The number of carbonyl (C=O) groups is 1. The van der Waals surface area contributed by atoms with Crippen LogP contribution in [0.4, 0.5) is 20.4 Å². The predicted molar refractivity (Wildman–Crippen MR) is 99.9 cm³/mol. The van der Waals surface area contributed by atoms with Gasteiger partial charge in [-0.3, -0.25) is 4.79 Å². The van der Waals surface area contributed by atoms with Gasteiger partial charge in [0, 0.05) is 29.0 Å². The first-order valence-corrected chi connectivity index (χ1v) is 8.39. The zero-order valence-electron chi connectivity index (χ0n) is 14.3. The number of hydrogen-bond donors (Lipinski definition) is 2. The lowest BCUT2D eigenvalue weighted by Gasteiger charge is -2.10. The van der Waals surface area contributed by atoms with E-state index in [0.29, 0.717) is 17.3 Å². The van der Waals surface area contributed by atoms with Crippen LogP contribution in [0.15, 0.2) is 48.5 Å². The van der Waals surface area contributed by atoms with E-state index in [2.05, 4.69) is 20.6 Å². The van der Waals surface area contributed by atoms with Gasteiger partial charge < -0.3 is 10.6 Å². The Kier molecular flexibility index (Phi) is 5.61. The maximum Gasteiger partial charge on any atom is 0.274 e. The topological polar surface area (TPSA) is 66.9 Å². The maximum absolute atomic E-state index is 13.3. The summed E-state index contributed by atoms with van der Waals surface area (Å²) in [5, 5.41) is 6.11. The fourth-order valence-electron chi connectivity index (χ4n) is 2.35. The summed E-state index contributed by atoms with van der Waals surface area (Å²) in [6, 6.07) is 11.9. The second-order valence-electron chi connectivity index (χ2n) is 5.75. The molecule has 27 heavy (non-hydrogen) atoms. The zero-order chi connectivity index (χ0) is 19.4. The smallest absolute Gasteiger partial charge is 0.274 e. The van der Waals surface area contributed by atoms with Gasteiger partial charge in [0.1, 0.15) is 5.69 Å². The summed E-state index contributed by atoms with van der Waals surface area (Å²) in [5.74, 6) is -2.34. The van der Waals surface area contributed by atoms with Crippen molar-refractivity contribution in [2.24, 2.45) is 0 Å². The van der Waals surface area contributed by atoms with Crippen molar-refractivity contribution in [1.82, 2.24) is 9.97 Å². The lowest BCUT2D eigenvalue weighted by molar-refractivity contribution is 0.102. The van der Waals surface area contributed by atoms with Crippen molar-refractivity contribution < 1.29 is 13.6 Å². The van der Waals surface area contributed by atoms with Crippen molar-refractivity contribution in [3.8, 4) is 0 Å². The Morgan fingerprint density at radius 2 is 1.85 bits per heavy atom. The number of benzene rings is 2. The molecular weight excluding hydrogens is 374 g/mol. The van der Waals surface area contributed by atoms with Crippen molar-refractivity contribution in [2.45, 2.75) is 13.5 Å². The van der Waals surface area contributed by atoms with Crippen molar-refractivity contribution in [3.63, 3.8) is 0 Å². The third-order valence-electron chi connectivity index (χ3n) is 3.66. The molecule has 0 aliphatic heterocycles. The molecule has 5 nitrogen and oxygen atoms in total. The van der Waals surface area contributed by atoms with E-state index in [9.17, 15) is 13.6 Å². The quantitative estimate of drug-likeness (QED) is 0.671. The van der Waals surface area contributed by atoms with Gasteiger partial charge >= 0.3 is 0 Å². The number of amides is 1. The van der Waals surface area contributed by atoms with E-state index >= 15 is 0 Å². The molecule has 0 fully saturated rings. The molecule has 138 valence electrons. The molecule has 0 radical (unpaired) electrons. The summed E-state index contributed by atoms with van der Waals surface area (Å²) in [5.41, 5.74) is 1.65. The minimum Gasteiger partial charge on any atom is -0.350 e. The molecule has 3 rings (SSSR count). The van der Waals surface area contributed by atoms with Gasteiger partial charge in [-0.1, -0.05) is 29.8 Å². The van der Waals surface area contributed by atoms with Gasteiger partial charge in [0.25, 0.3) is 5.91 Å². The normalized spacial score (nSPS) is 10.5. The van der Waals surface area contributed by atoms with Gasteiger partial charge in [0.2, 0.25) is 5.95 Å². The molecule has 0 saturated carbocycles. The Morgan fingerprint density at radius 1 is 1.07 bits per heavy atom. The van der Waals surface area contributed by atoms with E-state index < -0.39 is 17.5 Å². The van der Waals surface area contributed by atoms with E-state index in [4.69, 9.17) is 11.6 Å². The van der Waals surface area contributed by atoms with Gasteiger partial charge in [-0.2, -0.15) is 0 Å². The first kappa shape index (κ1) is 18.7. The van der Waals surface area contributed by atoms with Crippen molar-refractivity contribution in [1.29, 1.82) is 0 Å². The maximum atomic E-state index is 13.3. The number of carbonyl (C=O) groups excluding carboxylic acids is 1. The van der Waals surface area contributed by atoms with Crippen LogP contribution in [-0.2, 0) is 6.54 Å². The summed E-state index contributed by atoms with van der Waals surface area (Å²) in [6.45, 7) is 2.10. The molecule has 2 aromatic carbocycles. The molecule has 1 aromatic heterocycles. The molecule has 0 unspecified atom stereocenters. The van der Waals surface area contributed by atoms with Crippen LogP contribution in [-0.4, -0.2) is 15.9 Å². The van der Waals surface area contributed by atoms with Crippen LogP contribution in [0.3, 0.4) is 0 Å². The van der Waals surface area contributed by atoms with Gasteiger partial charge in [0.05, 0.1) is 0 Å². The molecule has 1 heterocycles. The summed E-state index contributed by atoms with van der Waals surface area (Å²) in [4.78, 5) is 20.8. The summed E-state index contributed by atoms with van der Waals surface area (Å²) in [7, 11) is 0. The largest absolute Gasteiger partial charge is 0.350 e. The highest BCUT2D eigenvalue weighted by molar-refractivity contribution is 6.31. The van der Waals surface area contributed by atoms with Crippen LogP contribution in [0.1, 0.15) is 21.7 Å². The van der Waals surface area contributed by atoms with Gasteiger partial charge in [-0.15, -0.1) is 0 Å². The standard InChI is InChI=1S/C19H15ClF2N4O/c1-11-8-17(18(27)25-13-6-7-15(21)16(22)9-13)26-19(24-11)23-10-12-4-2-3-5-14(12)20/h2-9H,10H2,1H3,(H,25,27)(H,23,24,26). The van der Waals surface area contributed by atoms with E-state index in [1.165, 1.54) is 12.1 Å². The van der Waals surface area contributed by atoms with Crippen molar-refractivity contribution >= 4 is 29.1 Å². The minimum atomic E-state index is -1.05. The van der Waals surface area contributed by atoms with Crippen molar-refractivity contribution in [2.75, 3.05) is 10.6 Å². The van der Waals surface area contributed by atoms with Crippen LogP contribution in [0.2, 0.25) is 5.02 Å². The molecule has 0 bridgehead atoms. The average molecular weight is 389 g/mol. The summed E-state index contributed by atoms with van der Waals surface area (Å²) < 4.78 is 26.3. The average Bonchev–Trinajstić information content (AvgIpc) is 2.63. The van der Waals surface area contributed by atoms with Crippen LogP contribution in [0.25, 0.3) is 0 Å². The molecular formula is C19H15ClF2N4O.